The third kappa shape index (κ3) is 5.58. The zero-order valence-corrected chi connectivity index (χ0v) is 15.9. The van der Waals surface area contributed by atoms with Crippen LogP contribution in [0.25, 0.3) is 0 Å². The normalized spacial score (nSPS) is 25.8. The summed E-state index contributed by atoms with van der Waals surface area (Å²) < 4.78 is 0. The van der Waals surface area contributed by atoms with Gasteiger partial charge in [-0.15, -0.1) is 0 Å². The first-order valence-electron chi connectivity index (χ1n) is 9.16. The number of nitrogens with one attached hydrogen (secondary N) is 1. The van der Waals surface area contributed by atoms with Crippen molar-refractivity contribution in [2.75, 3.05) is 13.1 Å². The smallest absolute Gasteiger partial charge is 0.306 e. The third-order valence-corrected chi connectivity index (χ3v) is 5.90. The van der Waals surface area contributed by atoms with Crippen LogP contribution < -0.4 is 5.32 Å². The van der Waals surface area contributed by atoms with Gasteiger partial charge in [-0.1, -0.05) is 23.2 Å². The second-order valence-corrected chi connectivity index (χ2v) is 8.25. The number of hydrogen-bond acceptors (Lipinski definition) is 3. The first-order chi connectivity index (χ1) is 12.0. The Morgan fingerprint density at radius 1 is 1.00 bits per heavy atom. The molecule has 1 saturated heterocycles. The van der Waals surface area contributed by atoms with Crippen LogP contribution in [0.2, 0.25) is 10.0 Å². The molecule has 2 fully saturated rings. The zero-order chi connectivity index (χ0) is 17.8. The van der Waals surface area contributed by atoms with E-state index < -0.39 is 5.97 Å². The number of halogens is 2. The van der Waals surface area contributed by atoms with Crippen LogP contribution >= 0.6 is 23.2 Å². The van der Waals surface area contributed by atoms with E-state index in [1.165, 1.54) is 0 Å². The van der Waals surface area contributed by atoms with Crippen molar-refractivity contribution >= 4 is 29.2 Å². The van der Waals surface area contributed by atoms with Crippen LogP contribution in [-0.2, 0) is 11.3 Å². The molecule has 0 aromatic heterocycles. The van der Waals surface area contributed by atoms with Crippen molar-refractivity contribution in [1.29, 1.82) is 0 Å². The molecule has 1 aromatic carbocycles. The molecule has 0 spiro atoms. The van der Waals surface area contributed by atoms with Crippen molar-refractivity contribution in [3.05, 3.63) is 33.8 Å². The molecular formula is C19H26Cl2N2O2. The van der Waals surface area contributed by atoms with Crippen LogP contribution in [0.1, 0.15) is 44.1 Å². The molecule has 4 nitrogen and oxygen atoms in total. The van der Waals surface area contributed by atoms with Crippen LogP contribution in [0.3, 0.4) is 0 Å². The number of hydrogen-bond donors (Lipinski definition) is 2. The fourth-order valence-electron chi connectivity index (χ4n) is 4.06. The summed E-state index contributed by atoms with van der Waals surface area (Å²) >= 11 is 12.2. The summed E-state index contributed by atoms with van der Waals surface area (Å²) in [6.45, 7) is 3.01. The monoisotopic (exact) mass is 384 g/mol. The number of carboxylic acids is 1. The number of piperidine rings is 1. The maximum atomic E-state index is 11.0. The van der Waals surface area contributed by atoms with E-state index in [-0.39, 0.29) is 5.92 Å². The van der Waals surface area contributed by atoms with Crippen LogP contribution in [0.15, 0.2) is 18.2 Å². The number of aliphatic carboxylic acids is 1. The number of likely N-dealkylation sites (tertiary alicyclic amines) is 1. The quantitative estimate of drug-likeness (QED) is 0.798. The molecule has 3 rings (SSSR count). The molecule has 1 heterocycles. The highest BCUT2D eigenvalue weighted by Crippen LogP contribution is 2.26. The average molecular weight is 385 g/mol. The molecule has 138 valence electrons. The minimum Gasteiger partial charge on any atom is -0.481 e. The highest BCUT2D eigenvalue weighted by molar-refractivity contribution is 6.34. The van der Waals surface area contributed by atoms with E-state index in [0.717, 1.165) is 63.7 Å². The van der Waals surface area contributed by atoms with E-state index in [2.05, 4.69) is 10.2 Å². The topological polar surface area (TPSA) is 52.6 Å². The van der Waals surface area contributed by atoms with Gasteiger partial charge < -0.3 is 10.4 Å². The molecule has 0 amide bonds. The minimum absolute atomic E-state index is 0.135. The van der Waals surface area contributed by atoms with Crippen molar-refractivity contribution in [2.45, 2.75) is 57.2 Å². The van der Waals surface area contributed by atoms with Crippen LogP contribution in [0.5, 0.6) is 0 Å². The van der Waals surface area contributed by atoms with E-state index in [1.807, 2.05) is 12.1 Å². The standard InChI is InChI=1S/C19H26Cl2N2O2/c20-15-9-13(10-16(21)11-15)12-23-7-5-18(6-8-23)22-17-3-1-14(2-4-17)19(24)25/h9-11,14,17-18,22H,1-8,12H2,(H,24,25). The lowest BCUT2D eigenvalue weighted by Gasteiger charge is -2.36. The first kappa shape index (κ1) is 19.0. The predicted octanol–water partition coefficient (Wildman–Crippen LogP) is 4.19. The van der Waals surface area contributed by atoms with Gasteiger partial charge in [0.25, 0.3) is 0 Å². The number of carbonyl (C=O) groups is 1. The van der Waals surface area contributed by atoms with Crippen molar-refractivity contribution < 1.29 is 9.90 Å². The Kier molecular flexibility index (Phi) is 6.61. The second kappa shape index (κ2) is 8.72. The summed E-state index contributed by atoms with van der Waals surface area (Å²) in [7, 11) is 0. The highest BCUT2D eigenvalue weighted by atomic mass is 35.5. The Balaban J connectivity index is 1.41. The van der Waals surface area contributed by atoms with Gasteiger partial charge >= 0.3 is 5.97 Å². The Bertz CT molecular complexity index is 575. The Hall–Kier alpha value is -0.810. The molecule has 2 N–H and O–H groups in total. The zero-order valence-electron chi connectivity index (χ0n) is 14.4. The molecule has 0 atom stereocenters. The Morgan fingerprint density at radius 2 is 1.56 bits per heavy atom. The lowest BCUT2D eigenvalue weighted by atomic mass is 9.85. The second-order valence-electron chi connectivity index (χ2n) is 7.38. The van der Waals surface area contributed by atoms with Gasteiger partial charge in [0, 0.05) is 28.7 Å². The van der Waals surface area contributed by atoms with Crippen LogP contribution in [0.4, 0.5) is 0 Å². The van der Waals surface area contributed by atoms with Crippen LogP contribution in [0, 0.1) is 5.92 Å². The predicted molar refractivity (Wildman–Crippen MR) is 101 cm³/mol. The molecule has 1 aromatic rings. The van der Waals surface area contributed by atoms with E-state index in [4.69, 9.17) is 28.3 Å². The number of nitrogens with zero attached hydrogens (tertiary/aromatic N) is 1. The maximum Gasteiger partial charge on any atom is 0.306 e. The molecule has 1 aliphatic carbocycles. The fraction of sp³-hybridized carbons (Fsp3) is 0.632. The van der Waals surface area contributed by atoms with Gasteiger partial charge in [0.05, 0.1) is 5.92 Å². The lowest BCUT2D eigenvalue weighted by molar-refractivity contribution is -0.142. The molecule has 0 radical (unpaired) electrons. The largest absolute Gasteiger partial charge is 0.481 e. The number of benzene rings is 1. The molecule has 2 aliphatic rings. The van der Waals surface area contributed by atoms with E-state index in [1.54, 1.807) is 6.07 Å². The van der Waals surface area contributed by atoms with Crippen molar-refractivity contribution in [3.8, 4) is 0 Å². The molecule has 25 heavy (non-hydrogen) atoms. The van der Waals surface area contributed by atoms with Gasteiger partial charge in [-0.2, -0.15) is 0 Å². The SMILES string of the molecule is O=C(O)C1CCC(NC2CCN(Cc3cc(Cl)cc(Cl)c3)CC2)CC1. The number of carboxylic acid groups (broad SMARTS) is 1. The van der Waals surface area contributed by atoms with Gasteiger partial charge in [0.2, 0.25) is 0 Å². The molecule has 0 bridgehead atoms. The minimum atomic E-state index is -0.632. The van der Waals surface area contributed by atoms with Gasteiger partial charge in [-0.25, -0.2) is 0 Å². The summed E-state index contributed by atoms with van der Waals surface area (Å²) in [5, 5.41) is 14.2. The highest BCUT2D eigenvalue weighted by Gasteiger charge is 2.28. The summed E-state index contributed by atoms with van der Waals surface area (Å²) in [5.41, 5.74) is 1.16. The molecule has 1 aliphatic heterocycles. The van der Waals surface area contributed by atoms with E-state index >= 15 is 0 Å². The average Bonchev–Trinajstić information content (AvgIpc) is 2.56. The van der Waals surface area contributed by atoms with Crippen molar-refractivity contribution in [2.24, 2.45) is 5.92 Å². The van der Waals surface area contributed by atoms with Gasteiger partial charge in [-0.3, -0.25) is 9.69 Å². The maximum absolute atomic E-state index is 11.0. The van der Waals surface area contributed by atoms with E-state index in [0.29, 0.717) is 22.1 Å². The summed E-state index contributed by atoms with van der Waals surface area (Å²) in [5.74, 6) is -0.766. The third-order valence-electron chi connectivity index (χ3n) is 5.46. The van der Waals surface area contributed by atoms with Crippen molar-refractivity contribution in [3.63, 3.8) is 0 Å². The lowest BCUT2D eigenvalue weighted by Crippen LogP contribution is -2.47. The summed E-state index contributed by atoms with van der Waals surface area (Å²) in [6.07, 6.45) is 5.85. The molecular weight excluding hydrogens is 359 g/mol. The van der Waals surface area contributed by atoms with Gasteiger partial charge in [0.15, 0.2) is 0 Å². The molecule has 6 heteroatoms. The molecule has 1 saturated carbocycles. The Labute approximate surface area is 159 Å². The Morgan fingerprint density at radius 3 is 2.12 bits per heavy atom. The van der Waals surface area contributed by atoms with Gasteiger partial charge in [-0.05, 0) is 75.4 Å². The summed E-state index contributed by atoms with van der Waals surface area (Å²) in [4.78, 5) is 13.5. The molecule has 0 unspecified atom stereocenters. The summed E-state index contributed by atoms with van der Waals surface area (Å²) in [6, 6.07) is 6.77. The van der Waals surface area contributed by atoms with Crippen LogP contribution in [-0.4, -0.2) is 41.1 Å². The number of rotatable bonds is 5. The fourth-order valence-corrected chi connectivity index (χ4v) is 4.63. The van der Waals surface area contributed by atoms with E-state index in [9.17, 15) is 4.79 Å². The van der Waals surface area contributed by atoms with Crippen molar-refractivity contribution in [1.82, 2.24) is 10.2 Å². The van der Waals surface area contributed by atoms with Gasteiger partial charge in [0.1, 0.15) is 0 Å². The first-order valence-corrected chi connectivity index (χ1v) is 9.91.